The minimum atomic E-state index is -0.676. The average Bonchev–Trinajstić information content (AvgIpc) is 2.28. The summed E-state index contributed by atoms with van der Waals surface area (Å²) in [4.78, 5) is 10.5. The predicted octanol–water partition coefficient (Wildman–Crippen LogP) is 4.79. The zero-order chi connectivity index (χ0) is 12.9. The molecule has 0 heterocycles. The van der Waals surface area contributed by atoms with Crippen molar-refractivity contribution in [3.63, 3.8) is 0 Å². The first-order valence-electron chi connectivity index (χ1n) is 7.03. The molecule has 1 unspecified atom stereocenters. The highest BCUT2D eigenvalue weighted by atomic mass is 16.4. The molecule has 0 spiro atoms. The van der Waals surface area contributed by atoms with Crippen molar-refractivity contribution < 1.29 is 9.90 Å². The Labute approximate surface area is 106 Å². The molecule has 0 saturated carbocycles. The number of carbonyl (C=O) groups is 1. The highest BCUT2D eigenvalue weighted by molar-refractivity contribution is 5.66. The van der Waals surface area contributed by atoms with Crippen molar-refractivity contribution in [1.82, 2.24) is 0 Å². The standard InChI is InChI=1S/C15H28O2/c1-3-5-6-7-8-11-14(10-4-2)12-9-13-15(16)17/h4,14H,2-3,5-13H2,1H3,(H,16,17). The van der Waals surface area contributed by atoms with Gasteiger partial charge in [0.1, 0.15) is 0 Å². The van der Waals surface area contributed by atoms with Gasteiger partial charge in [0, 0.05) is 6.42 Å². The zero-order valence-electron chi connectivity index (χ0n) is 11.3. The lowest BCUT2D eigenvalue weighted by Crippen LogP contribution is -2.02. The smallest absolute Gasteiger partial charge is 0.303 e. The minimum absolute atomic E-state index is 0.309. The third-order valence-electron chi connectivity index (χ3n) is 3.22. The Morgan fingerprint density at radius 3 is 2.41 bits per heavy atom. The Balaban J connectivity index is 3.59. The molecule has 0 fully saturated rings. The van der Waals surface area contributed by atoms with Crippen LogP contribution in [-0.4, -0.2) is 11.1 Å². The molecule has 0 aromatic rings. The van der Waals surface area contributed by atoms with E-state index in [1.54, 1.807) is 0 Å². The molecule has 0 bridgehead atoms. The molecular formula is C15H28O2. The van der Waals surface area contributed by atoms with Crippen LogP contribution < -0.4 is 0 Å². The van der Waals surface area contributed by atoms with E-state index in [9.17, 15) is 4.79 Å². The van der Waals surface area contributed by atoms with Gasteiger partial charge in [0.2, 0.25) is 0 Å². The van der Waals surface area contributed by atoms with E-state index in [0.29, 0.717) is 12.3 Å². The lowest BCUT2D eigenvalue weighted by Gasteiger charge is -2.14. The second-order valence-corrected chi connectivity index (χ2v) is 4.88. The van der Waals surface area contributed by atoms with E-state index in [1.165, 1.54) is 38.5 Å². The molecule has 2 nitrogen and oxygen atoms in total. The summed E-state index contributed by atoms with van der Waals surface area (Å²) in [5.74, 6) is -0.0289. The molecule has 17 heavy (non-hydrogen) atoms. The molecule has 1 N–H and O–H groups in total. The summed E-state index contributed by atoms with van der Waals surface area (Å²) in [6, 6.07) is 0. The number of unbranched alkanes of at least 4 members (excludes halogenated alkanes) is 4. The van der Waals surface area contributed by atoms with Crippen molar-refractivity contribution in [1.29, 1.82) is 0 Å². The van der Waals surface area contributed by atoms with Crippen molar-refractivity contribution in [2.24, 2.45) is 5.92 Å². The molecule has 2 heteroatoms. The van der Waals surface area contributed by atoms with Crippen LogP contribution >= 0.6 is 0 Å². The number of carboxylic acids is 1. The van der Waals surface area contributed by atoms with Crippen LogP contribution in [0.1, 0.15) is 71.1 Å². The van der Waals surface area contributed by atoms with Crippen LogP contribution in [0.3, 0.4) is 0 Å². The van der Waals surface area contributed by atoms with Gasteiger partial charge in [-0.3, -0.25) is 4.79 Å². The molecule has 0 aliphatic rings. The first kappa shape index (κ1) is 16.2. The van der Waals surface area contributed by atoms with E-state index < -0.39 is 5.97 Å². The van der Waals surface area contributed by atoms with E-state index in [0.717, 1.165) is 19.3 Å². The number of rotatable bonds is 12. The number of hydrogen-bond acceptors (Lipinski definition) is 1. The maximum Gasteiger partial charge on any atom is 0.303 e. The third kappa shape index (κ3) is 11.5. The van der Waals surface area contributed by atoms with Crippen LogP contribution in [0.5, 0.6) is 0 Å². The molecule has 100 valence electrons. The molecule has 0 radical (unpaired) electrons. The maximum atomic E-state index is 10.5. The maximum absolute atomic E-state index is 10.5. The monoisotopic (exact) mass is 240 g/mol. The fraction of sp³-hybridized carbons (Fsp3) is 0.800. The van der Waals surface area contributed by atoms with Crippen LogP contribution in [0.4, 0.5) is 0 Å². The summed E-state index contributed by atoms with van der Waals surface area (Å²) >= 11 is 0. The second-order valence-electron chi connectivity index (χ2n) is 4.88. The summed E-state index contributed by atoms with van der Waals surface area (Å²) < 4.78 is 0. The first-order valence-corrected chi connectivity index (χ1v) is 7.03. The van der Waals surface area contributed by atoms with Gasteiger partial charge in [-0.2, -0.15) is 0 Å². The molecular weight excluding hydrogens is 212 g/mol. The first-order chi connectivity index (χ1) is 8.20. The van der Waals surface area contributed by atoms with Gasteiger partial charge in [-0.1, -0.05) is 51.5 Å². The summed E-state index contributed by atoms with van der Waals surface area (Å²) in [5.41, 5.74) is 0. The average molecular weight is 240 g/mol. The van der Waals surface area contributed by atoms with Crippen molar-refractivity contribution in [2.75, 3.05) is 0 Å². The summed E-state index contributed by atoms with van der Waals surface area (Å²) in [6.07, 6.45) is 13.0. The Kier molecular flexibility index (Phi) is 11.1. The number of carboxylic acid groups (broad SMARTS) is 1. The summed E-state index contributed by atoms with van der Waals surface area (Å²) in [5, 5.41) is 8.61. The molecule has 0 rings (SSSR count). The molecule has 0 amide bonds. The van der Waals surface area contributed by atoms with Crippen LogP contribution in [0.2, 0.25) is 0 Å². The van der Waals surface area contributed by atoms with Gasteiger partial charge in [0.05, 0.1) is 0 Å². The van der Waals surface area contributed by atoms with Crippen LogP contribution in [0, 0.1) is 5.92 Å². The van der Waals surface area contributed by atoms with E-state index in [4.69, 9.17) is 5.11 Å². The molecule has 0 aliphatic heterocycles. The van der Waals surface area contributed by atoms with Crippen molar-refractivity contribution in [3.05, 3.63) is 12.7 Å². The van der Waals surface area contributed by atoms with Gasteiger partial charge in [-0.25, -0.2) is 0 Å². The fourth-order valence-corrected chi connectivity index (χ4v) is 2.19. The lowest BCUT2D eigenvalue weighted by atomic mass is 9.92. The highest BCUT2D eigenvalue weighted by Gasteiger charge is 2.07. The predicted molar refractivity (Wildman–Crippen MR) is 73.2 cm³/mol. The zero-order valence-corrected chi connectivity index (χ0v) is 11.3. The van der Waals surface area contributed by atoms with E-state index in [-0.39, 0.29) is 0 Å². The quantitative estimate of drug-likeness (QED) is 0.393. The Bertz CT molecular complexity index is 199. The highest BCUT2D eigenvalue weighted by Crippen LogP contribution is 2.21. The molecule has 0 aromatic carbocycles. The van der Waals surface area contributed by atoms with Gasteiger partial charge < -0.3 is 5.11 Å². The van der Waals surface area contributed by atoms with E-state index >= 15 is 0 Å². The number of hydrogen-bond donors (Lipinski definition) is 1. The summed E-state index contributed by atoms with van der Waals surface area (Å²) in [6.45, 7) is 6.01. The minimum Gasteiger partial charge on any atom is -0.481 e. The fourth-order valence-electron chi connectivity index (χ4n) is 2.19. The van der Waals surface area contributed by atoms with Gasteiger partial charge in [0.15, 0.2) is 0 Å². The lowest BCUT2D eigenvalue weighted by molar-refractivity contribution is -0.137. The molecule has 0 aliphatic carbocycles. The van der Waals surface area contributed by atoms with Crippen molar-refractivity contribution in [3.8, 4) is 0 Å². The Morgan fingerprint density at radius 1 is 1.18 bits per heavy atom. The van der Waals surface area contributed by atoms with Gasteiger partial charge >= 0.3 is 5.97 Å². The van der Waals surface area contributed by atoms with Crippen LogP contribution in [-0.2, 0) is 4.79 Å². The molecule has 0 aromatic heterocycles. The SMILES string of the molecule is C=CCC(CCCCCCC)CCCC(=O)O. The Hall–Kier alpha value is -0.790. The van der Waals surface area contributed by atoms with Crippen LogP contribution in [0.25, 0.3) is 0 Å². The van der Waals surface area contributed by atoms with Crippen LogP contribution in [0.15, 0.2) is 12.7 Å². The third-order valence-corrected chi connectivity index (χ3v) is 3.22. The molecule has 0 saturated heterocycles. The Morgan fingerprint density at radius 2 is 1.82 bits per heavy atom. The van der Waals surface area contributed by atoms with Gasteiger partial charge in [-0.05, 0) is 25.2 Å². The number of allylic oxidation sites excluding steroid dienone is 1. The topological polar surface area (TPSA) is 37.3 Å². The summed E-state index contributed by atoms with van der Waals surface area (Å²) in [7, 11) is 0. The van der Waals surface area contributed by atoms with Crippen molar-refractivity contribution >= 4 is 5.97 Å². The van der Waals surface area contributed by atoms with E-state index in [1.807, 2.05) is 6.08 Å². The van der Waals surface area contributed by atoms with Crippen molar-refractivity contribution in [2.45, 2.75) is 71.1 Å². The van der Waals surface area contributed by atoms with Gasteiger partial charge in [-0.15, -0.1) is 6.58 Å². The normalized spacial score (nSPS) is 12.3. The largest absolute Gasteiger partial charge is 0.481 e. The van der Waals surface area contributed by atoms with E-state index in [2.05, 4.69) is 13.5 Å². The number of aliphatic carboxylic acids is 1. The van der Waals surface area contributed by atoms with Gasteiger partial charge in [0.25, 0.3) is 0 Å². The second kappa shape index (κ2) is 11.7. The molecule has 1 atom stereocenters.